The molecule has 0 aliphatic carbocycles. The van der Waals surface area contributed by atoms with Crippen LogP contribution in [0.5, 0.6) is 5.75 Å². The average molecular weight is 231 g/mol. The fourth-order valence-electron chi connectivity index (χ4n) is 1.03. The van der Waals surface area contributed by atoms with E-state index < -0.39 is 5.97 Å². The van der Waals surface area contributed by atoms with Gasteiger partial charge in [0.1, 0.15) is 11.3 Å². The van der Waals surface area contributed by atoms with Crippen molar-refractivity contribution in [2.75, 3.05) is 6.61 Å². The summed E-state index contributed by atoms with van der Waals surface area (Å²) in [6, 6.07) is 6.37. The number of rotatable bonds is 4. The number of carbonyl (C=O) groups is 1. The predicted molar refractivity (Wildman–Crippen MR) is 60.5 cm³/mol. The summed E-state index contributed by atoms with van der Waals surface area (Å²) in [6.07, 6.45) is 1.83. The van der Waals surface area contributed by atoms with Gasteiger partial charge >= 0.3 is 5.97 Å². The minimum absolute atomic E-state index is 0. The first-order valence-corrected chi connectivity index (χ1v) is 4.70. The molecule has 1 aromatic carbocycles. The van der Waals surface area contributed by atoms with Crippen LogP contribution in [0.3, 0.4) is 0 Å². The maximum Gasteiger partial charge on any atom is 0.341 e. The lowest BCUT2D eigenvalue weighted by Crippen LogP contribution is -2.06. The number of ether oxygens (including phenoxy) is 1. The molecule has 0 saturated heterocycles. The third kappa shape index (κ3) is 4.21. The number of unbranched alkanes of at least 4 members (excludes halogenated alkanes) is 1. The van der Waals surface area contributed by atoms with Crippen LogP contribution < -0.4 is 0 Å². The van der Waals surface area contributed by atoms with Crippen molar-refractivity contribution in [2.45, 2.75) is 19.8 Å². The van der Waals surface area contributed by atoms with Crippen LogP contribution in [0.15, 0.2) is 24.3 Å². The molecule has 0 aliphatic heterocycles. The molecule has 0 atom stereocenters. The molecule has 1 aromatic rings. The third-order valence-corrected chi connectivity index (χ3v) is 1.86. The Balaban J connectivity index is 0.00000196. The van der Waals surface area contributed by atoms with Gasteiger partial charge in [0.15, 0.2) is 0 Å². The summed E-state index contributed by atoms with van der Waals surface area (Å²) < 4.78 is 4.95. The number of halogens is 1. The van der Waals surface area contributed by atoms with Gasteiger partial charge in [0, 0.05) is 0 Å². The van der Waals surface area contributed by atoms with Crippen molar-refractivity contribution in [3.8, 4) is 5.75 Å². The lowest BCUT2D eigenvalue weighted by atomic mass is 10.2. The highest BCUT2D eigenvalue weighted by atomic mass is 35.5. The largest absolute Gasteiger partial charge is 0.507 e. The molecular weight excluding hydrogens is 216 g/mol. The van der Waals surface area contributed by atoms with E-state index in [0.29, 0.717) is 6.61 Å². The zero-order valence-electron chi connectivity index (χ0n) is 8.60. The van der Waals surface area contributed by atoms with Crippen LogP contribution in [-0.2, 0) is 4.74 Å². The molecule has 0 amide bonds. The van der Waals surface area contributed by atoms with Crippen molar-refractivity contribution < 1.29 is 14.6 Å². The molecule has 0 unspecified atom stereocenters. The fourth-order valence-corrected chi connectivity index (χ4v) is 1.03. The molecule has 0 radical (unpaired) electrons. The zero-order valence-corrected chi connectivity index (χ0v) is 9.42. The Morgan fingerprint density at radius 1 is 1.40 bits per heavy atom. The van der Waals surface area contributed by atoms with E-state index in [2.05, 4.69) is 0 Å². The van der Waals surface area contributed by atoms with Gasteiger partial charge in [0.25, 0.3) is 0 Å². The van der Waals surface area contributed by atoms with Crippen LogP contribution >= 0.6 is 12.4 Å². The van der Waals surface area contributed by atoms with Crippen LogP contribution in [0.1, 0.15) is 30.1 Å². The second kappa shape index (κ2) is 7.12. The van der Waals surface area contributed by atoms with Crippen molar-refractivity contribution in [1.82, 2.24) is 0 Å². The second-order valence-corrected chi connectivity index (χ2v) is 3.01. The number of carbonyl (C=O) groups excluding carboxylic acids is 1. The molecule has 4 heteroatoms. The monoisotopic (exact) mass is 230 g/mol. The van der Waals surface area contributed by atoms with Gasteiger partial charge in [0.2, 0.25) is 0 Å². The topological polar surface area (TPSA) is 46.5 Å². The van der Waals surface area contributed by atoms with Gasteiger partial charge in [0.05, 0.1) is 6.61 Å². The first-order valence-electron chi connectivity index (χ1n) is 4.70. The number of benzene rings is 1. The van der Waals surface area contributed by atoms with E-state index in [1.807, 2.05) is 6.92 Å². The molecule has 0 saturated carbocycles. The Morgan fingerprint density at radius 3 is 2.67 bits per heavy atom. The maximum absolute atomic E-state index is 11.4. The molecular formula is C11H15ClO3. The van der Waals surface area contributed by atoms with Crippen molar-refractivity contribution in [2.24, 2.45) is 0 Å². The van der Waals surface area contributed by atoms with Gasteiger partial charge in [-0.3, -0.25) is 0 Å². The van der Waals surface area contributed by atoms with Gasteiger partial charge in [-0.1, -0.05) is 25.5 Å². The molecule has 0 bridgehead atoms. The number of phenols is 1. The minimum atomic E-state index is -0.462. The van der Waals surface area contributed by atoms with Crippen molar-refractivity contribution in [1.29, 1.82) is 0 Å². The quantitative estimate of drug-likeness (QED) is 0.639. The minimum Gasteiger partial charge on any atom is -0.507 e. The van der Waals surface area contributed by atoms with E-state index in [4.69, 9.17) is 4.74 Å². The summed E-state index contributed by atoms with van der Waals surface area (Å²) in [5.41, 5.74) is 0.226. The molecule has 0 heterocycles. The van der Waals surface area contributed by atoms with Gasteiger partial charge in [-0.25, -0.2) is 4.79 Å². The Morgan fingerprint density at radius 2 is 2.07 bits per heavy atom. The normalized spacial score (nSPS) is 9.13. The number of para-hydroxylation sites is 1. The van der Waals surface area contributed by atoms with E-state index in [0.717, 1.165) is 12.8 Å². The van der Waals surface area contributed by atoms with Gasteiger partial charge in [-0.05, 0) is 18.6 Å². The molecule has 84 valence electrons. The zero-order chi connectivity index (χ0) is 10.4. The van der Waals surface area contributed by atoms with Crippen molar-refractivity contribution in [3.05, 3.63) is 29.8 Å². The highest BCUT2D eigenvalue weighted by Crippen LogP contribution is 2.16. The van der Waals surface area contributed by atoms with Crippen LogP contribution in [0.25, 0.3) is 0 Å². The Kier molecular flexibility index (Phi) is 6.54. The van der Waals surface area contributed by atoms with Crippen LogP contribution in [-0.4, -0.2) is 17.7 Å². The molecule has 1 N–H and O–H groups in total. The van der Waals surface area contributed by atoms with Crippen molar-refractivity contribution >= 4 is 18.4 Å². The van der Waals surface area contributed by atoms with E-state index in [-0.39, 0.29) is 23.7 Å². The van der Waals surface area contributed by atoms with Gasteiger partial charge < -0.3 is 9.84 Å². The van der Waals surface area contributed by atoms with E-state index in [1.54, 1.807) is 18.2 Å². The number of esters is 1. The number of hydrogen-bond donors (Lipinski definition) is 1. The Hall–Kier alpha value is -1.22. The molecule has 15 heavy (non-hydrogen) atoms. The number of aromatic hydroxyl groups is 1. The summed E-state index contributed by atoms with van der Waals surface area (Å²) in [5, 5.41) is 9.34. The second-order valence-electron chi connectivity index (χ2n) is 3.01. The summed E-state index contributed by atoms with van der Waals surface area (Å²) in [4.78, 5) is 11.4. The molecule has 0 fully saturated rings. The van der Waals surface area contributed by atoms with Crippen LogP contribution in [0, 0.1) is 0 Å². The van der Waals surface area contributed by atoms with Crippen molar-refractivity contribution in [3.63, 3.8) is 0 Å². The average Bonchev–Trinajstić information content (AvgIpc) is 2.18. The number of hydrogen-bond acceptors (Lipinski definition) is 3. The first kappa shape index (κ1) is 13.8. The predicted octanol–water partition coefficient (Wildman–Crippen LogP) is 2.77. The lowest BCUT2D eigenvalue weighted by molar-refractivity contribution is 0.0496. The fraction of sp³-hybridized carbons (Fsp3) is 0.364. The Labute approximate surface area is 95.5 Å². The van der Waals surface area contributed by atoms with Crippen LogP contribution in [0.4, 0.5) is 0 Å². The smallest absolute Gasteiger partial charge is 0.341 e. The third-order valence-electron chi connectivity index (χ3n) is 1.86. The highest BCUT2D eigenvalue weighted by Gasteiger charge is 2.10. The SMILES string of the molecule is CCCCOC(=O)c1ccccc1O.Cl. The van der Waals surface area contributed by atoms with E-state index in [9.17, 15) is 9.90 Å². The first-order chi connectivity index (χ1) is 6.75. The summed E-state index contributed by atoms with van der Waals surface area (Å²) in [7, 11) is 0. The van der Waals surface area contributed by atoms with Crippen LogP contribution in [0.2, 0.25) is 0 Å². The molecule has 0 aromatic heterocycles. The highest BCUT2D eigenvalue weighted by molar-refractivity contribution is 5.92. The standard InChI is InChI=1S/C11H14O3.ClH/c1-2-3-8-14-11(13)9-6-4-5-7-10(9)12;/h4-7,12H,2-3,8H2,1H3;1H. The maximum atomic E-state index is 11.4. The molecule has 3 nitrogen and oxygen atoms in total. The summed E-state index contributed by atoms with van der Waals surface area (Å²) >= 11 is 0. The number of phenolic OH excluding ortho intramolecular Hbond substituents is 1. The van der Waals surface area contributed by atoms with E-state index >= 15 is 0 Å². The Bertz CT molecular complexity index is 312. The molecule has 0 spiro atoms. The summed E-state index contributed by atoms with van der Waals surface area (Å²) in [6.45, 7) is 2.43. The van der Waals surface area contributed by atoms with E-state index in [1.165, 1.54) is 6.07 Å². The van der Waals surface area contributed by atoms with Gasteiger partial charge in [-0.15, -0.1) is 12.4 Å². The molecule has 1 rings (SSSR count). The molecule has 0 aliphatic rings. The summed E-state index contributed by atoms with van der Waals surface area (Å²) in [5.74, 6) is -0.495. The van der Waals surface area contributed by atoms with Gasteiger partial charge in [-0.2, -0.15) is 0 Å². The lowest BCUT2D eigenvalue weighted by Gasteiger charge is -2.04.